The van der Waals surface area contributed by atoms with E-state index in [-0.39, 0.29) is 25.0 Å². The number of thiazole rings is 1. The first-order valence-electron chi connectivity index (χ1n) is 5.70. The van der Waals surface area contributed by atoms with Crippen molar-refractivity contribution in [2.24, 2.45) is 0 Å². The number of nitrogens with zero attached hydrogens (tertiary/aromatic N) is 1. The number of hydrogen-bond acceptors (Lipinski definition) is 5. The smallest absolute Gasteiger partial charge is 0.226 e. The number of nitrogens with one attached hydrogen (secondary N) is 1. The van der Waals surface area contributed by atoms with Crippen molar-refractivity contribution in [2.75, 3.05) is 13.2 Å². The van der Waals surface area contributed by atoms with Crippen molar-refractivity contribution in [3.8, 4) is 0 Å². The molecule has 0 bridgehead atoms. The molecular formula is C11H16N2O3S. The Labute approximate surface area is 104 Å². The molecule has 6 heteroatoms. The predicted molar refractivity (Wildman–Crippen MR) is 63.7 cm³/mol. The van der Waals surface area contributed by atoms with Gasteiger partial charge in [0, 0.05) is 18.5 Å². The summed E-state index contributed by atoms with van der Waals surface area (Å²) >= 11 is 1.40. The predicted octanol–water partition coefficient (Wildman–Crippen LogP) is 0.473. The van der Waals surface area contributed by atoms with Crippen LogP contribution in [-0.2, 0) is 22.6 Å². The molecule has 0 aromatic carbocycles. The van der Waals surface area contributed by atoms with Crippen LogP contribution in [0, 0.1) is 0 Å². The number of hydrogen-bond donors (Lipinski definition) is 2. The standard InChI is InChI=1S/C11H16N2O3S/c14-6-8-7-17-11(13-8)4-10(15)12-5-9-2-1-3-16-9/h7,9,14H,1-6H2,(H,12,15). The Balaban J connectivity index is 1.72. The van der Waals surface area contributed by atoms with Crippen LogP contribution in [0.15, 0.2) is 5.38 Å². The molecule has 1 aliphatic heterocycles. The zero-order valence-corrected chi connectivity index (χ0v) is 10.3. The zero-order chi connectivity index (χ0) is 12.1. The summed E-state index contributed by atoms with van der Waals surface area (Å²) in [4.78, 5) is 15.7. The second-order valence-electron chi connectivity index (χ2n) is 4.01. The normalized spacial score (nSPS) is 19.5. The van der Waals surface area contributed by atoms with Crippen LogP contribution in [0.25, 0.3) is 0 Å². The Morgan fingerprint density at radius 3 is 3.24 bits per heavy atom. The molecule has 0 radical (unpaired) electrons. The molecule has 1 aromatic heterocycles. The number of ether oxygens (including phenoxy) is 1. The summed E-state index contributed by atoms with van der Waals surface area (Å²) in [7, 11) is 0. The van der Waals surface area contributed by atoms with E-state index in [9.17, 15) is 4.79 Å². The lowest BCUT2D eigenvalue weighted by Gasteiger charge is -2.09. The molecule has 94 valence electrons. The molecule has 0 saturated carbocycles. The monoisotopic (exact) mass is 256 g/mol. The van der Waals surface area contributed by atoms with Crippen molar-refractivity contribution in [3.63, 3.8) is 0 Å². The first-order valence-corrected chi connectivity index (χ1v) is 6.58. The number of carbonyl (C=O) groups is 1. The highest BCUT2D eigenvalue weighted by molar-refractivity contribution is 7.09. The minimum absolute atomic E-state index is 0.0423. The van der Waals surface area contributed by atoms with E-state index in [1.54, 1.807) is 5.38 Å². The van der Waals surface area contributed by atoms with E-state index in [1.807, 2.05) is 0 Å². The highest BCUT2D eigenvalue weighted by Gasteiger charge is 2.16. The molecule has 17 heavy (non-hydrogen) atoms. The van der Waals surface area contributed by atoms with E-state index in [4.69, 9.17) is 9.84 Å². The van der Waals surface area contributed by atoms with Crippen molar-refractivity contribution < 1.29 is 14.6 Å². The third-order valence-corrected chi connectivity index (χ3v) is 3.52. The van der Waals surface area contributed by atoms with Crippen LogP contribution in [0.1, 0.15) is 23.5 Å². The first-order chi connectivity index (χ1) is 8.28. The molecule has 1 amide bonds. The molecular weight excluding hydrogens is 240 g/mol. The average molecular weight is 256 g/mol. The second kappa shape index (κ2) is 6.09. The maximum atomic E-state index is 11.6. The van der Waals surface area contributed by atoms with Gasteiger partial charge < -0.3 is 15.2 Å². The molecule has 1 fully saturated rings. The minimum Gasteiger partial charge on any atom is -0.390 e. The van der Waals surface area contributed by atoms with Gasteiger partial charge in [0.05, 0.1) is 24.8 Å². The van der Waals surface area contributed by atoms with Gasteiger partial charge in [-0.3, -0.25) is 4.79 Å². The molecule has 1 atom stereocenters. The van der Waals surface area contributed by atoms with Gasteiger partial charge >= 0.3 is 0 Å². The molecule has 2 rings (SSSR count). The fourth-order valence-corrected chi connectivity index (χ4v) is 2.52. The summed E-state index contributed by atoms with van der Waals surface area (Å²) in [5, 5.41) is 14.2. The fraction of sp³-hybridized carbons (Fsp3) is 0.636. The van der Waals surface area contributed by atoms with Crippen LogP contribution in [0.2, 0.25) is 0 Å². The van der Waals surface area contributed by atoms with Gasteiger partial charge in [0.15, 0.2) is 0 Å². The lowest BCUT2D eigenvalue weighted by atomic mass is 10.2. The molecule has 0 aliphatic carbocycles. The lowest BCUT2D eigenvalue weighted by Crippen LogP contribution is -2.32. The summed E-state index contributed by atoms with van der Waals surface area (Å²) in [6.07, 6.45) is 2.54. The van der Waals surface area contributed by atoms with Gasteiger partial charge in [-0.15, -0.1) is 11.3 Å². The van der Waals surface area contributed by atoms with Crippen LogP contribution in [-0.4, -0.2) is 35.3 Å². The Kier molecular flexibility index (Phi) is 4.47. The highest BCUT2D eigenvalue weighted by Crippen LogP contribution is 2.12. The van der Waals surface area contributed by atoms with E-state index in [0.29, 0.717) is 12.2 Å². The SMILES string of the molecule is O=C(Cc1nc(CO)cs1)NCC1CCCO1. The van der Waals surface area contributed by atoms with E-state index in [1.165, 1.54) is 11.3 Å². The third kappa shape index (κ3) is 3.76. The van der Waals surface area contributed by atoms with E-state index >= 15 is 0 Å². The van der Waals surface area contributed by atoms with Crippen molar-refractivity contribution >= 4 is 17.2 Å². The summed E-state index contributed by atoms with van der Waals surface area (Å²) in [5.74, 6) is -0.0423. The van der Waals surface area contributed by atoms with Gasteiger partial charge in [-0.1, -0.05) is 0 Å². The summed E-state index contributed by atoms with van der Waals surface area (Å²) < 4.78 is 5.41. The maximum Gasteiger partial charge on any atom is 0.226 e. The summed E-state index contributed by atoms with van der Waals surface area (Å²) in [5.41, 5.74) is 0.622. The van der Waals surface area contributed by atoms with Crippen LogP contribution in [0.4, 0.5) is 0 Å². The van der Waals surface area contributed by atoms with Crippen LogP contribution in [0.5, 0.6) is 0 Å². The van der Waals surface area contributed by atoms with Gasteiger partial charge in [-0.2, -0.15) is 0 Å². The number of aliphatic hydroxyl groups is 1. The molecule has 1 aromatic rings. The van der Waals surface area contributed by atoms with E-state index < -0.39 is 0 Å². The van der Waals surface area contributed by atoms with E-state index in [2.05, 4.69) is 10.3 Å². The molecule has 2 N–H and O–H groups in total. The van der Waals surface area contributed by atoms with Crippen LogP contribution in [0.3, 0.4) is 0 Å². The second-order valence-corrected chi connectivity index (χ2v) is 4.95. The van der Waals surface area contributed by atoms with Crippen molar-refractivity contribution in [1.29, 1.82) is 0 Å². The van der Waals surface area contributed by atoms with Crippen molar-refractivity contribution in [3.05, 3.63) is 16.1 Å². The third-order valence-electron chi connectivity index (χ3n) is 2.62. The number of aliphatic hydroxyl groups excluding tert-OH is 1. The topological polar surface area (TPSA) is 71.5 Å². The Morgan fingerprint density at radius 2 is 2.59 bits per heavy atom. The summed E-state index contributed by atoms with van der Waals surface area (Å²) in [6, 6.07) is 0. The Morgan fingerprint density at radius 1 is 1.71 bits per heavy atom. The van der Waals surface area contributed by atoms with E-state index in [0.717, 1.165) is 24.5 Å². The Bertz CT molecular complexity index is 375. The van der Waals surface area contributed by atoms with Crippen LogP contribution >= 0.6 is 11.3 Å². The van der Waals surface area contributed by atoms with Crippen molar-refractivity contribution in [2.45, 2.75) is 32.0 Å². The summed E-state index contributed by atoms with van der Waals surface area (Å²) in [6.45, 7) is 1.30. The number of carbonyl (C=O) groups excluding carboxylic acids is 1. The minimum atomic E-state index is -0.0754. The maximum absolute atomic E-state index is 11.6. The van der Waals surface area contributed by atoms with Gasteiger partial charge in [0.25, 0.3) is 0 Å². The van der Waals surface area contributed by atoms with Gasteiger partial charge in [0.2, 0.25) is 5.91 Å². The molecule has 1 unspecified atom stereocenters. The number of aromatic nitrogens is 1. The zero-order valence-electron chi connectivity index (χ0n) is 9.52. The quantitative estimate of drug-likeness (QED) is 0.803. The van der Waals surface area contributed by atoms with Gasteiger partial charge in [0.1, 0.15) is 5.01 Å². The molecule has 2 heterocycles. The van der Waals surface area contributed by atoms with Gasteiger partial charge in [-0.25, -0.2) is 4.98 Å². The van der Waals surface area contributed by atoms with Gasteiger partial charge in [-0.05, 0) is 12.8 Å². The average Bonchev–Trinajstić information content (AvgIpc) is 2.97. The molecule has 0 spiro atoms. The first kappa shape index (κ1) is 12.5. The molecule has 5 nitrogen and oxygen atoms in total. The lowest BCUT2D eigenvalue weighted by molar-refractivity contribution is -0.120. The number of rotatable bonds is 5. The number of amides is 1. The molecule has 1 saturated heterocycles. The molecule has 1 aliphatic rings. The highest BCUT2D eigenvalue weighted by atomic mass is 32.1. The fourth-order valence-electron chi connectivity index (χ4n) is 1.74. The Hall–Kier alpha value is -0.980. The largest absolute Gasteiger partial charge is 0.390 e. The van der Waals surface area contributed by atoms with Crippen molar-refractivity contribution in [1.82, 2.24) is 10.3 Å². The van der Waals surface area contributed by atoms with Crippen LogP contribution < -0.4 is 5.32 Å².